The molecule has 3 rings (SSSR count). The molecule has 0 saturated carbocycles. The molecule has 0 spiro atoms. The van der Waals surface area contributed by atoms with E-state index >= 15 is 0 Å². The summed E-state index contributed by atoms with van der Waals surface area (Å²) in [6.45, 7) is 2.31. The maximum Gasteiger partial charge on any atom is 0.224 e. The zero-order valence-corrected chi connectivity index (χ0v) is 16.2. The molecule has 0 radical (unpaired) electrons. The maximum atomic E-state index is 13.6. The Hall–Kier alpha value is -2.80. The van der Waals surface area contributed by atoms with Gasteiger partial charge < -0.3 is 11.1 Å². The number of nitrogens with two attached hydrogens (primary N) is 1. The third-order valence-corrected chi connectivity index (χ3v) is 5.22. The highest BCUT2D eigenvalue weighted by atomic mass is 19.1. The fourth-order valence-electron chi connectivity index (χ4n) is 3.62. The number of primary amides is 1. The molecule has 0 aromatic heterocycles. The summed E-state index contributed by atoms with van der Waals surface area (Å²) >= 11 is 0. The molecule has 1 heterocycles. The Balaban J connectivity index is 1.50. The lowest BCUT2D eigenvalue weighted by atomic mass is 9.97. The average Bonchev–Trinajstić information content (AvgIpc) is 2.69. The van der Waals surface area contributed by atoms with Gasteiger partial charge in [0.2, 0.25) is 11.8 Å². The summed E-state index contributed by atoms with van der Waals surface area (Å²) in [5.41, 5.74) is 7.04. The zero-order valence-electron chi connectivity index (χ0n) is 16.2. The smallest absolute Gasteiger partial charge is 0.224 e. The Kier molecular flexibility index (Phi) is 6.93. The molecule has 5 nitrogen and oxygen atoms in total. The molecule has 1 aliphatic heterocycles. The highest BCUT2D eigenvalue weighted by Crippen LogP contribution is 2.20. The van der Waals surface area contributed by atoms with Crippen molar-refractivity contribution in [2.24, 2.45) is 11.7 Å². The maximum absolute atomic E-state index is 13.6. The first-order chi connectivity index (χ1) is 13.9. The number of hydrogen-bond donors (Lipinski definition) is 2. The first-order valence-corrected chi connectivity index (χ1v) is 9.75. The predicted molar refractivity (Wildman–Crippen MR) is 107 cm³/mol. The van der Waals surface area contributed by atoms with Crippen LogP contribution in [0.2, 0.25) is 0 Å². The van der Waals surface area contributed by atoms with Gasteiger partial charge in [-0.3, -0.25) is 14.5 Å². The fraction of sp³-hybridized carbons (Fsp3) is 0.364. The van der Waals surface area contributed by atoms with Gasteiger partial charge in [-0.1, -0.05) is 18.2 Å². The number of carbonyl (C=O) groups is 2. The SMILES string of the molecule is NC(=O)C1CCCN(Cc2ccc(NC(=O)CCc3c(F)cccc3F)cc2)C1. The zero-order chi connectivity index (χ0) is 20.8. The molecule has 1 saturated heterocycles. The number of nitrogens with one attached hydrogen (secondary N) is 1. The van der Waals surface area contributed by atoms with Gasteiger partial charge in [-0.2, -0.15) is 0 Å². The molecule has 29 heavy (non-hydrogen) atoms. The third-order valence-electron chi connectivity index (χ3n) is 5.22. The van der Waals surface area contributed by atoms with E-state index in [1.807, 2.05) is 12.1 Å². The molecule has 1 fully saturated rings. The van der Waals surface area contributed by atoms with Crippen LogP contribution in [0.1, 0.15) is 30.4 Å². The molecular formula is C22H25F2N3O2. The summed E-state index contributed by atoms with van der Waals surface area (Å²) in [5, 5.41) is 2.75. The number of piperidine rings is 1. The minimum atomic E-state index is -0.640. The Labute approximate surface area is 168 Å². The highest BCUT2D eigenvalue weighted by Gasteiger charge is 2.23. The molecule has 154 valence electrons. The van der Waals surface area contributed by atoms with Gasteiger partial charge in [-0.25, -0.2) is 8.78 Å². The van der Waals surface area contributed by atoms with Gasteiger partial charge in [-0.15, -0.1) is 0 Å². The number of benzene rings is 2. The molecule has 1 unspecified atom stereocenters. The van der Waals surface area contributed by atoms with E-state index in [1.165, 1.54) is 18.2 Å². The van der Waals surface area contributed by atoms with Crippen LogP contribution in [0.5, 0.6) is 0 Å². The van der Waals surface area contributed by atoms with E-state index in [0.29, 0.717) is 18.8 Å². The van der Waals surface area contributed by atoms with Gasteiger partial charge in [0.15, 0.2) is 0 Å². The Bertz CT molecular complexity index is 851. The number of nitrogens with zero attached hydrogens (tertiary/aromatic N) is 1. The van der Waals surface area contributed by atoms with Crippen molar-refractivity contribution >= 4 is 17.5 Å². The van der Waals surface area contributed by atoms with Crippen molar-refractivity contribution in [3.8, 4) is 0 Å². The lowest BCUT2D eigenvalue weighted by Crippen LogP contribution is -2.40. The van der Waals surface area contributed by atoms with E-state index in [0.717, 1.165) is 24.9 Å². The molecular weight excluding hydrogens is 376 g/mol. The van der Waals surface area contributed by atoms with Crippen LogP contribution >= 0.6 is 0 Å². The number of halogens is 2. The second kappa shape index (κ2) is 9.60. The topological polar surface area (TPSA) is 75.4 Å². The van der Waals surface area contributed by atoms with Crippen LogP contribution in [0.4, 0.5) is 14.5 Å². The minimum Gasteiger partial charge on any atom is -0.369 e. The van der Waals surface area contributed by atoms with Crippen LogP contribution < -0.4 is 11.1 Å². The first-order valence-electron chi connectivity index (χ1n) is 9.75. The van der Waals surface area contributed by atoms with Crippen LogP contribution in [0, 0.1) is 17.6 Å². The summed E-state index contributed by atoms with van der Waals surface area (Å²) in [6, 6.07) is 11.1. The number of amides is 2. The molecule has 3 N–H and O–H groups in total. The van der Waals surface area contributed by atoms with Gasteiger partial charge in [-0.05, 0) is 55.6 Å². The van der Waals surface area contributed by atoms with E-state index < -0.39 is 11.6 Å². The standard InChI is InChI=1S/C22H25F2N3O2/c23-19-4-1-5-20(24)18(19)10-11-21(28)26-17-8-6-15(7-9-17)13-27-12-2-3-16(14-27)22(25)29/h1,4-9,16H,2-3,10-14H2,(H2,25,29)(H,26,28). The second-order valence-corrected chi connectivity index (χ2v) is 7.42. The van der Waals surface area contributed by atoms with E-state index in [2.05, 4.69) is 10.2 Å². The number of rotatable bonds is 7. The average molecular weight is 401 g/mol. The third kappa shape index (κ3) is 5.84. The first kappa shape index (κ1) is 20.9. The van der Waals surface area contributed by atoms with Crippen molar-refractivity contribution in [3.05, 3.63) is 65.2 Å². The van der Waals surface area contributed by atoms with Crippen molar-refractivity contribution in [2.45, 2.75) is 32.2 Å². The predicted octanol–water partition coefficient (Wildman–Crippen LogP) is 3.23. The van der Waals surface area contributed by atoms with Crippen molar-refractivity contribution in [2.75, 3.05) is 18.4 Å². The molecule has 2 aromatic rings. The molecule has 0 aliphatic carbocycles. The molecule has 0 bridgehead atoms. The number of likely N-dealkylation sites (tertiary alicyclic amines) is 1. The number of hydrogen-bond acceptors (Lipinski definition) is 3. The highest BCUT2D eigenvalue weighted by molar-refractivity contribution is 5.90. The van der Waals surface area contributed by atoms with Crippen LogP contribution in [-0.2, 0) is 22.6 Å². The monoisotopic (exact) mass is 401 g/mol. The van der Waals surface area contributed by atoms with Crippen LogP contribution in [0.3, 0.4) is 0 Å². The van der Waals surface area contributed by atoms with Crippen LogP contribution in [0.15, 0.2) is 42.5 Å². The summed E-state index contributed by atoms with van der Waals surface area (Å²) in [4.78, 5) is 25.7. The van der Waals surface area contributed by atoms with E-state index in [4.69, 9.17) is 5.73 Å². The fourth-order valence-corrected chi connectivity index (χ4v) is 3.62. The van der Waals surface area contributed by atoms with Gasteiger partial charge in [0.05, 0.1) is 5.92 Å². The number of carbonyl (C=O) groups excluding carboxylic acids is 2. The van der Waals surface area contributed by atoms with Crippen LogP contribution in [-0.4, -0.2) is 29.8 Å². The minimum absolute atomic E-state index is 0.00157. The van der Waals surface area contributed by atoms with Gasteiger partial charge >= 0.3 is 0 Å². The molecule has 2 amide bonds. The van der Waals surface area contributed by atoms with Crippen molar-refractivity contribution in [3.63, 3.8) is 0 Å². The second-order valence-electron chi connectivity index (χ2n) is 7.42. The van der Waals surface area contributed by atoms with Crippen molar-refractivity contribution < 1.29 is 18.4 Å². The van der Waals surface area contributed by atoms with Gasteiger partial charge in [0, 0.05) is 30.8 Å². The van der Waals surface area contributed by atoms with Crippen molar-refractivity contribution in [1.29, 1.82) is 0 Å². The summed E-state index contributed by atoms with van der Waals surface area (Å²) in [6.07, 6.45) is 1.78. The Morgan fingerprint density at radius 2 is 1.79 bits per heavy atom. The summed E-state index contributed by atoms with van der Waals surface area (Å²) < 4.78 is 27.3. The van der Waals surface area contributed by atoms with Gasteiger partial charge in [0.25, 0.3) is 0 Å². The van der Waals surface area contributed by atoms with Crippen LogP contribution in [0.25, 0.3) is 0 Å². The molecule has 1 atom stereocenters. The van der Waals surface area contributed by atoms with Crippen molar-refractivity contribution in [1.82, 2.24) is 4.90 Å². The molecule has 2 aromatic carbocycles. The van der Waals surface area contributed by atoms with E-state index in [-0.39, 0.29) is 36.1 Å². The quantitative estimate of drug-likeness (QED) is 0.748. The van der Waals surface area contributed by atoms with E-state index in [1.54, 1.807) is 12.1 Å². The Morgan fingerprint density at radius 1 is 1.10 bits per heavy atom. The molecule has 7 heteroatoms. The summed E-state index contributed by atoms with van der Waals surface area (Å²) in [7, 11) is 0. The normalized spacial score (nSPS) is 17.1. The van der Waals surface area contributed by atoms with E-state index in [9.17, 15) is 18.4 Å². The number of anilines is 1. The molecule has 1 aliphatic rings. The lowest BCUT2D eigenvalue weighted by molar-refractivity contribution is -0.123. The summed E-state index contributed by atoms with van der Waals surface area (Å²) in [5.74, 6) is -1.93. The Morgan fingerprint density at radius 3 is 2.45 bits per heavy atom. The lowest BCUT2D eigenvalue weighted by Gasteiger charge is -2.31. The van der Waals surface area contributed by atoms with Gasteiger partial charge in [0.1, 0.15) is 11.6 Å². The largest absolute Gasteiger partial charge is 0.369 e.